The average Bonchev–Trinajstić information content (AvgIpc) is 1.85. The first kappa shape index (κ1) is 12.6. The van der Waals surface area contributed by atoms with Crippen molar-refractivity contribution in [2.24, 2.45) is 0 Å². The molecule has 1 rings (SSSR count). The fourth-order valence-electron chi connectivity index (χ4n) is 0.534. The van der Waals surface area contributed by atoms with Gasteiger partial charge in [-0.2, -0.15) is 0 Å². The predicted octanol–water partition coefficient (Wildman–Crippen LogP) is 4.37. The van der Waals surface area contributed by atoms with Crippen molar-refractivity contribution in [2.75, 3.05) is 0 Å². The van der Waals surface area contributed by atoms with Gasteiger partial charge in [0.15, 0.2) is 0 Å². The summed E-state index contributed by atoms with van der Waals surface area (Å²) in [6, 6.07) is 10.3. The molecule has 0 unspecified atom stereocenters. The smallest absolute Gasteiger partial charge is 0.110 e. The lowest BCUT2D eigenvalue weighted by Crippen LogP contribution is -1.91. The molecule has 0 saturated heterocycles. The minimum absolute atomic E-state index is 1.32. The van der Waals surface area contributed by atoms with E-state index in [1.807, 2.05) is 18.2 Å². The Hall–Kier alpha value is 0.597. The largest absolute Gasteiger partial charge is 0.440 e. The first-order valence-electron chi connectivity index (χ1n) is 3.17. The molecule has 0 amide bonds. The third-order valence-corrected chi connectivity index (χ3v) is 0.940. The second kappa shape index (κ2) is 6.11. The molecular weight excluding hydrogens is 254 g/mol. The van der Waals surface area contributed by atoms with E-state index in [9.17, 15) is 0 Å². The molecule has 0 bridgehead atoms. The molecule has 0 nitrogen and oxygen atoms in total. The Kier molecular flexibility index (Phi) is 6.42. The zero-order chi connectivity index (χ0) is 9.61. The Balaban J connectivity index is 0.000000217. The highest BCUT2D eigenvalue weighted by molar-refractivity contribution is 7.81. The molecular formula is C7H8Cl4Si. The number of hydrogen-bond acceptors (Lipinski definition) is 0. The van der Waals surface area contributed by atoms with Gasteiger partial charge in [0, 0.05) is 0 Å². The molecule has 0 saturated carbocycles. The van der Waals surface area contributed by atoms with Crippen molar-refractivity contribution in [2.45, 2.75) is 6.92 Å². The lowest BCUT2D eigenvalue weighted by Gasteiger charge is -1.85. The van der Waals surface area contributed by atoms with Crippen LogP contribution in [0.15, 0.2) is 30.3 Å². The summed E-state index contributed by atoms with van der Waals surface area (Å²) in [4.78, 5) is 0. The Bertz CT molecular complexity index is 200. The van der Waals surface area contributed by atoms with E-state index in [4.69, 9.17) is 44.3 Å². The molecule has 0 fully saturated rings. The van der Waals surface area contributed by atoms with Gasteiger partial charge in [0.05, 0.1) is 0 Å². The zero-order valence-corrected chi connectivity index (χ0v) is 10.4. The van der Waals surface area contributed by atoms with Crippen molar-refractivity contribution in [1.82, 2.24) is 0 Å². The summed E-state index contributed by atoms with van der Waals surface area (Å²) >= 11 is 19.9. The van der Waals surface area contributed by atoms with Crippen molar-refractivity contribution in [3.05, 3.63) is 35.9 Å². The Labute approximate surface area is 92.2 Å². The summed E-state index contributed by atoms with van der Waals surface area (Å²) in [7, 11) is 0. The molecule has 12 heavy (non-hydrogen) atoms. The molecule has 0 radical (unpaired) electrons. The third-order valence-electron chi connectivity index (χ3n) is 0.940. The van der Waals surface area contributed by atoms with Gasteiger partial charge >= 0.3 is 5.31 Å². The Morgan fingerprint density at radius 2 is 1.25 bits per heavy atom. The second-order valence-corrected chi connectivity index (χ2v) is 13.2. The van der Waals surface area contributed by atoms with E-state index in [-0.39, 0.29) is 0 Å². The van der Waals surface area contributed by atoms with Crippen LogP contribution < -0.4 is 0 Å². The summed E-state index contributed by atoms with van der Waals surface area (Å²) in [6.45, 7) is 2.08. The van der Waals surface area contributed by atoms with E-state index in [0.717, 1.165) is 0 Å². The molecule has 0 atom stereocenters. The van der Waals surface area contributed by atoms with Gasteiger partial charge in [0.2, 0.25) is 0 Å². The molecule has 0 aliphatic carbocycles. The van der Waals surface area contributed by atoms with Crippen LogP contribution in [0.4, 0.5) is 0 Å². The topological polar surface area (TPSA) is 0 Å². The number of rotatable bonds is 0. The van der Waals surface area contributed by atoms with Crippen LogP contribution in [0.25, 0.3) is 0 Å². The number of hydrogen-bond donors (Lipinski definition) is 0. The van der Waals surface area contributed by atoms with Crippen molar-refractivity contribution in [3.63, 3.8) is 0 Å². The molecule has 0 N–H and O–H groups in total. The van der Waals surface area contributed by atoms with Gasteiger partial charge in [-0.25, -0.2) is 0 Å². The summed E-state index contributed by atoms with van der Waals surface area (Å²) in [5, 5.41) is -2.72. The standard InChI is InChI=1S/C7H8.Cl4Si/c1-7-5-3-2-4-6-7;1-5(2,3)4/h2-6H,1H3;. The number of benzene rings is 1. The highest BCUT2D eigenvalue weighted by Gasteiger charge is 2.19. The van der Waals surface area contributed by atoms with Gasteiger partial charge in [-0.1, -0.05) is 35.9 Å². The highest BCUT2D eigenvalue weighted by atomic mass is 36.0. The highest BCUT2D eigenvalue weighted by Crippen LogP contribution is 2.23. The van der Waals surface area contributed by atoms with E-state index in [0.29, 0.717) is 0 Å². The maximum Gasteiger partial charge on any atom is 0.440 e. The van der Waals surface area contributed by atoms with Gasteiger partial charge in [-0.05, 0) is 6.92 Å². The van der Waals surface area contributed by atoms with Crippen molar-refractivity contribution < 1.29 is 0 Å². The van der Waals surface area contributed by atoms with Crippen LogP contribution >= 0.6 is 44.3 Å². The second-order valence-electron chi connectivity index (χ2n) is 2.08. The van der Waals surface area contributed by atoms with Crippen LogP contribution in [0, 0.1) is 6.92 Å². The first-order valence-corrected chi connectivity index (χ1v) is 9.21. The van der Waals surface area contributed by atoms with Gasteiger partial charge in [0.25, 0.3) is 0 Å². The minimum atomic E-state index is -2.72. The van der Waals surface area contributed by atoms with Gasteiger partial charge in [-0.15, -0.1) is 44.3 Å². The van der Waals surface area contributed by atoms with E-state index < -0.39 is 5.31 Å². The van der Waals surface area contributed by atoms with E-state index in [2.05, 4.69) is 19.1 Å². The molecule has 0 heterocycles. The zero-order valence-electron chi connectivity index (χ0n) is 6.40. The van der Waals surface area contributed by atoms with Crippen molar-refractivity contribution >= 4 is 49.6 Å². The fraction of sp³-hybridized carbons (Fsp3) is 0.143. The fourth-order valence-corrected chi connectivity index (χ4v) is 0.534. The molecule has 1 aromatic rings. The summed E-state index contributed by atoms with van der Waals surface area (Å²) in [5.74, 6) is 0. The van der Waals surface area contributed by atoms with Crippen LogP contribution in [0.2, 0.25) is 0 Å². The van der Waals surface area contributed by atoms with Crippen LogP contribution in [0.1, 0.15) is 5.56 Å². The Morgan fingerprint density at radius 1 is 0.917 bits per heavy atom. The summed E-state index contributed by atoms with van der Waals surface area (Å²) < 4.78 is 0. The molecule has 0 aliphatic rings. The van der Waals surface area contributed by atoms with Crippen LogP contribution in [-0.2, 0) is 0 Å². The Morgan fingerprint density at radius 3 is 1.42 bits per heavy atom. The van der Waals surface area contributed by atoms with Gasteiger partial charge in [-0.3, -0.25) is 0 Å². The van der Waals surface area contributed by atoms with E-state index >= 15 is 0 Å². The predicted molar refractivity (Wildman–Crippen MR) is 60.3 cm³/mol. The van der Waals surface area contributed by atoms with E-state index in [1.54, 1.807) is 0 Å². The molecule has 5 heteroatoms. The first-order chi connectivity index (χ1) is 5.39. The normalized spacial score (nSPS) is 10.1. The maximum atomic E-state index is 4.97. The third kappa shape index (κ3) is 13.2. The number of halogens is 4. The lowest BCUT2D eigenvalue weighted by atomic mass is 10.2. The van der Waals surface area contributed by atoms with Gasteiger partial charge < -0.3 is 0 Å². The SMILES string of the molecule is Cc1ccccc1.Cl[Si](Cl)(Cl)Cl. The quantitative estimate of drug-likeness (QED) is 0.481. The summed E-state index contributed by atoms with van der Waals surface area (Å²) in [5.41, 5.74) is 1.32. The molecule has 0 spiro atoms. The maximum absolute atomic E-state index is 4.97. The van der Waals surface area contributed by atoms with Gasteiger partial charge in [0.1, 0.15) is 0 Å². The minimum Gasteiger partial charge on any atom is -0.110 e. The number of aryl methyl sites for hydroxylation is 1. The monoisotopic (exact) mass is 260 g/mol. The van der Waals surface area contributed by atoms with Crippen LogP contribution in [-0.4, -0.2) is 5.31 Å². The van der Waals surface area contributed by atoms with Crippen molar-refractivity contribution in [1.29, 1.82) is 0 Å². The molecule has 0 aromatic heterocycles. The molecule has 68 valence electrons. The van der Waals surface area contributed by atoms with Crippen LogP contribution in [0.3, 0.4) is 0 Å². The molecule has 0 aliphatic heterocycles. The van der Waals surface area contributed by atoms with E-state index in [1.165, 1.54) is 5.56 Å². The molecule has 1 aromatic carbocycles. The average molecular weight is 262 g/mol. The van der Waals surface area contributed by atoms with Crippen LogP contribution in [0.5, 0.6) is 0 Å². The lowest BCUT2D eigenvalue weighted by molar-refractivity contribution is 1.48. The summed E-state index contributed by atoms with van der Waals surface area (Å²) in [6.07, 6.45) is 0. The van der Waals surface area contributed by atoms with Crippen molar-refractivity contribution in [3.8, 4) is 0 Å².